The minimum Gasteiger partial charge on any atom is -0.344 e. The second-order valence-corrected chi connectivity index (χ2v) is 5.32. The monoisotopic (exact) mass is 291 g/mol. The lowest BCUT2D eigenvalue weighted by atomic mass is 10.2. The lowest BCUT2D eigenvalue weighted by Gasteiger charge is -2.02. The second kappa shape index (κ2) is 10.5. The van der Waals surface area contributed by atoms with E-state index in [1.54, 1.807) is 12.5 Å². The molecule has 20 heavy (non-hydrogen) atoms. The van der Waals surface area contributed by atoms with Crippen LogP contribution in [0.5, 0.6) is 0 Å². The van der Waals surface area contributed by atoms with Gasteiger partial charge in [-0.3, -0.25) is 4.98 Å². The molecule has 3 nitrogen and oxygen atoms in total. The van der Waals surface area contributed by atoms with Crippen molar-refractivity contribution in [2.24, 2.45) is 0 Å². The molecule has 0 spiro atoms. The Bertz CT molecular complexity index is 454. The van der Waals surface area contributed by atoms with E-state index in [9.17, 15) is 0 Å². The number of hydrogen-bond donors (Lipinski definition) is 1. The van der Waals surface area contributed by atoms with Gasteiger partial charge in [0, 0.05) is 18.0 Å². The summed E-state index contributed by atoms with van der Waals surface area (Å²) in [6.45, 7) is 6.24. The quantitative estimate of drug-likeness (QED) is 0.565. The number of aromatic nitrogens is 3. The molecule has 0 atom stereocenters. The number of rotatable bonds is 7. The number of pyridine rings is 1. The number of nitrogens with zero attached hydrogens (tertiary/aromatic N) is 2. The van der Waals surface area contributed by atoms with Gasteiger partial charge in [0.25, 0.3) is 0 Å². The molecule has 0 aliphatic carbocycles. The third kappa shape index (κ3) is 5.37. The molecule has 0 fully saturated rings. The molecule has 2 heterocycles. The zero-order valence-electron chi connectivity index (χ0n) is 12.7. The summed E-state index contributed by atoms with van der Waals surface area (Å²) in [5.41, 5.74) is 2.19. The molecule has 2 rings (SSSR count). The predicted octanol–water partition coefficient (Wildman–Crippen LogP) is 5.17. The minimum atomic E-state index is 1.08. The topological polar surface area (TPSA) is 41.6 Å². The van der Waals surface area contributed by atoms with E-state index in [0.717, 1.165) is 22.0 Å². The average molecular weight is 291 g/mol. The van der Waals surface area contributed by atoms with Gasteiger partial charge in [-0.1, -0.05) is 40.0 Å². The number of aromatic amines is 1. The van der Waals surface area contributed by atoms with E-state index in [2.05, 4.69) is 27.9 Å². The van der Waals surface area contributed by atoms with Crippen molar-refractivity contribution in [3.8, 4) is 11.3 Å². The van der Waals surface area contributed by atoms with Gasteiger partial charge in [-0.15, -0.1) is 11.8 Å². The number of unbranched alkanes of at least 4 members (excludes halogenated alkanes) is 3. The number of thioether (sulfide) groups is 1. The van der Waals surface area contributed by atoms with Gasteiger partial charge in [-0.2, -0.15) is 0 Å². The summed E-state index contributed by atoms with van der Waals surface area (Å²) in [6.07, 6.45) is 10.6. The minimum absolute atomic E-state index is 1.08. The van der Waals surface area contributed by atoms with Crippen LogP contribution in [0.4, 0.5) is 0 Å². The second-order valence-electron chi connectivity index (χ2n) is 4.23. The summed E-state index contributed by atoms with van der Waals surface area (Å²) in [4.78, 5) is 11.7. The SMILES string of the molecule is CC.CCCCCCSc1nc[nH]c1-c1cccnc1. The molecule has 0 aliphatic rings. The van der Waals surface area contributed by atoms with Crippen molar-refractivity contribution in [2.45, 2.75) is 51.5 Å². The van der Waals surface area contributed by atoms with Crippen LogP contribution >= 0.6 is 11.8 Å². The standard InChI is InChI=1S/C14H19N3S.C2H6/c1-2-3-4-5-9-18-14-13(16-11-17-14)12-7-6-8-15-10-12;1-2/h6-8,10-11H,2-5,9H2,1H3,(H,16,17);1-2H3. The maximum absolute atomic E-state index is 4.39. The van der Waals surface area contributed by atoms with Crippen LogP contribution < -0.4 is 0 Å². The lowest BCUT2D eigenvalue weighted by molar-refractivity contribution is 0.706. The summed E-state index contributed by atoms with van der Waals surface area (Å²) in [6, 6.07) is 4.01. The Morgan fingerprint density at radius 3 is 2.75 bits per heavy atom. The molecular weight excluding hydrogens is 266 g/mol. The van der Waals surface area contributed by atoms with E-state index in [4.69, 9.17) is 0 Å². The van der Waals surface area contributed by atoms with E-state index in [1.165, 1.54) is 25.7 Å². The first-order valence-corrected chi connectivity index (χ1v) is 8.47. The first kappa shape index (κ1) is 16.8. The van der Waals surface area contributed by atoms with Crippen LogP contribution in [0, 0.1) is 0 Å². The first-order chi connectivity index (χ1) is 9.92. The Labute approximate surface area is 126 Å². The van der Waals surface area contributed by atoms with Crippen molar-refractivity contribution in [1.82, 2.24) is 15.0 Å². The van der Waals surface area contributed by atoms with Gasteiger partial charge >= 0.3 is 0 Å². The summed E-state index contributed by atoms with van der Waals surface area (Å²) >= 11 is 1.83. The zero-order chi connectivity index (χ0) is 14.6. The van der Waals surface area contributed by atoms with E-state index in [1.807, 2.05) is 37.9 Å². The van der Waals surface area contributed by atoms with Crippen molar-refractivity contribution < 1.29 is 0 Å². The van der Waals surface area contributed by atoms with Crippen LogP contribution in [-0.4, -0.2) is 20.7 Å². The third-order valence-corrected chi connectivity index (χ3v) is 3.87. The Balaban J connectivity index is 0.000000956. The van der Waals surface area contributed by atoms with E-state index >= 15 is 0 Å². The largest absolute Gasteiger partial charge is 0.344 e. The molecule has 0 amide bonds. The highest BCUT2D eigenvalue weighted by Crippen LogP contribution is 2.28. The van der Waals surface area contributed by atoms with Crippen molar-refractivity contribution >= 4 is 11.8 Å². The maximum Gasteiger partial charge on any atom is 0.122 e. The van der Waals surface area contributed by atoms with Gasteiger partial charge in [0.15, 0.2) is 0 Å². The highest BCUT2D eigenvalue weighted by atomic mass is 32.2. The van der Waals surface area contributed by atoms with Crippen LogP contribution in [-0.2, 0) is 0 Å². The molecule has 0 aromatic carbocycles. The molecule has 110 valence electrons. The highest BCUT2D eigenvalue weighted by Gasteiger charge is 2.08. The van der Waals surface area contributed by atoms with Crippen LogP contribution in [0.2, 0.25) is 0 Å². The van der Waals surface area contributed by atoms with Crippen molar-refractivity contribution in [2.75, 3.05) is 5.75 Å². The van der Waals surface area contributed by atoms with Crippen LogP contribution in [0.25, 0.3) is 11.3 Å². The van der Waals surface area contributed by atoms with Gasteiger partial charge in [0.2, 0.25) is 0 Å². The molecule has 1 N–H and O–H groups in total. The number of nitrogens with one attached hydrogen (secondary N) is 1. The average Bonchev–Trinajstić information content (AvgIpc) is 2.98. The van der Waals surface area contributed by atoms with Gasteiger partial charge in [0.1, 0.15) is 5.03 Å². The van der Waals surface area contributed by atoms with Gasteiger partial charge in [-0.05, 0) is 24.3 Å². The van der Waals surface area contributed by atoms with Gasteiger partial charge < -0.3 is 4.98 Å². The lowest BCUT2D eigenvalue weighted by Crippen LogP contribution is -1.85. The van der Waals surface area contributed by atoms with Gasteiger partial charge in [-0.25, -0.2) is 4.98 Å². The van der Waals surface area contributed by atoms with Gasteiger partial charge in [0.05, 0.1) is 12.0 Å². The van der Waals surface area contributed by atoms with Crippen molar-refractivity contribution in [3.63, 3.8) is 0 Å². The molecule has 0 saturated carbocycles. The first-order valence-electron chi connectivity index (χ1n) is 7.48. The Morgan fingerprint density at radius 2 is 2.05 bits per heavy atom. The molecule has 0 aliphatic heterocycles. The smallest absolute Gasteiger partial charge is 0.122 e. The van der Waals surface area contributed by atoms with E-state index in [-0.39, 0.29) is 0 Å². The number of imidazole rings is 1. The van der Waals surface area contributed by atoms with E-state index in [0.29, 0.717) is 0 Å². The van der Waals surface area contributed by atoms with Crippen molar-refractivity contribution in [1.29, 1.82) is 0 Å². The summed E-state index contributed by atoms with van der Waals surface area (Å²) in [5.74, 6) is 1.14. The van der Waals surface area contributed by atoms with E-state index < -0.39 is 0 Å². The Hall–Kier alpha value is -1.29. The molecule has 4 heteroatoms. The summed E-state index contributed by atoms with van der Waals surface area (Å²) < 4.78 is 0. The summed E-state index contributed by atoms with van der Waals surface area (Å²) in [7, 11) is 0. The fourth-order valence-electron chi connectivity index (χ4n) is 1.81. The normalized spacial score (nSPS) is 9.95. The fraction of sp³-hybridized carbons (Fsp3) is 0.500. The zero-order valence-corrected chi connectivity index (χ0v) is 13.5. The molecule has 0 unspecified atom stereocenters. The van der Waals surface area contributed by atoms with Crippen LogP contribution in [0.3, 0.4) is 0 Å². The Kier molecular flexibility index (Phi) is 8.79. The molecule has 0 radical (unpaired) electrons. The molecule has 0 saturated heterocycles. The van der Waals surface area contributed by atoms with Crippen LogP contribution in [0.1, 0.15) is 46.5 Å². The molecule has 2 aromatic heterocycles. The Morgan fingerprint density at radius 1 is 1.20 bits per heavy atom. The fourth-order valence-corrected chi connectivity index (χ4v) is 2.80. The maximum atomic E-state index is 4.39. The highest BCUT2D eigenvalue weighted by molar-refractivity contribution is 7.99. The predicted molar refractivity (Wildman–Crippen MR) is 88.0 cm³/mol. The van der Waals surface area contributed by atoms with Crippen molar-refractivity contribution in [3.05, 3.63) is 30.9 Å². The molecule has 0 bridgehead atoms. The molecule has 2 aromatic rings. The number of H-pyrrole nitrogens is 1. The molecular formula is C16H25N3S. The van der Waals surface area contributed by atoms with Crippen LogP contribution in [0.15, 0.2) is 35.9 Å². The third-order valence-electron chi connectivity index (χ3n) is 2.79. The number of hydrogen-bond acceptors (Lipinski definition) is 3. The summed E-state index contributed by atoms with van der Waals surface area (Å²) in [5, 5.41) is 1.08.